The zero-order valence-corrected chi connectivity index (χ0v) is 20.7. The number of methoxy groups -OCH3 is 2. The van der Waals surface area contributed by atoms with Crippen molar-refractivity contribution in [3.63, 3.8) is 0 Å². The Balaban J connectivity index is 1.67. The van der Waals surface area contributed by atoms with Gasteiger partial charge in [-0.3, -0.25) is 9.59 Å². The Kier molecular flexibility index (Phi) is 12.3. The minimum atomic E-state index is -0.335. The number of carbonyl (C=O) groups excluding carboxylic acids is 2. The van der Waals surface area contributed by atoms with Crippen molar-refractivity contribution in [2.24, 2.45) is 0 Å². The fraction of sp³-hybridized carbons (Fsp3) is 0.556. The summed E-state index contributed by atoms with van der Waals surface area (Å²) in [5.41, 5.74) is 2.49. The van der Waals surface area contributed by atoms with Gasteiger partial charge in [0.1, 0.15) is 0 Å². The number of aryl methyl sites for hydroxylation is 1. The van der Waals surface area contributed by atoms with Crippen LogP contribution in [0.1, 0.15) is 82.3 Å². The Hall–Kier alpha value is -2.01. The Morgan fingerprint density at radius 1 is 0.719 bits per heavy atom. The Bertz CT molecular complexity index is 792. The van der Waals surface area contributed by atoms with Crippen molar-refractivity contribution < 1.29 is 19.1 Å². The van der Waals surface area contributed by atoms with Gasteiger partial charge in [0, 0.05) is 11.8 Å². The molecule has 0 saturated heterocycles. The third kappa shape index (κ3) is 8.50. The van der Waals surface area contributed by atoms with Gasteiger partial charge in [0.05, 0.1) is 19.1 Å². The predicted molar refractivity (Wildman–Crippen MR) is 132 cm³/mol. The normalized spacial score (nSPS) is 14.0. The third-order valence-electron chi connectivity index (χ3n) is 5.77. The molecule has 0 fully saturated rings. The number of hydrogen-bond acceptors (Lipinski definition) is 5. The van der Waals surface area contributed by atoms with E-state index < -0.39 is 0 Å². The van der Waals surface area contributed by atoms with Crippen molar-refractivity contribution in [2.45, 2.75) is 83.3 Å². The molecule has 0 amide bonds. The van der Waals surface area contributed by atoms with Crippen LogP contribution in [0.2, 0.25) is 0 Å². The van der Waals surface area contributed by atoms with E-state index in [9.17, 15) is 9.59 Å². The zero-order valence-electron chi connectivity index (χ0n) is 19.9. The van der Waals surface area contributed by atoms with Gasteiger partial charge in [-0.15, -0.1) is 11.8 Å². The summed E-state index contributed by atoms with van der Waals surface area (Å²) in [6.45, 7) is 2.26. The molecule has 0 heterocycles. The van der Waals surface area contributed by atoms with E-state index in [0.717, 1.165) is 12.0 Å². The second-order valence-electron chi connectivity index (χ2n) is 8.31. The average Bonchev–Trinajstić information content (AvgIpc) is 2.81. The molecule has 2 rings (SSSR count). The van der Waals surface area contributed by atoms with Crippen LogP contribution in [0.25, 0.3) is 0 Å². The lowest BCUT2D eigenvalue weighted by Gasteiger charge is -2.16. The standard InChI is InChI=1S/C27H38O4S/c1-4-5-6-7-8-9-10-11-12-13-14-21-15-17-22(18-16-21)20-32-24-19-23(28)26(30-2)27(31-3)25(24)29/h15-19H,4-14,20H2,1-3H3. The van der Waals surface area contributed by atoms with Crippen LogP contribution in [-0.4, -0.2) is 25.8 Å². The van der Waals surface area contributed by atoms with Gasteiger partial charge in [0.15, 0.2) is 0 Å². The predicted octanol–water partition coefficient (Wildman–Crippen LogP) is 6.92. The smallest absolute Gasteiger partial charge is 0.238 e. The van der Waals surface area contributed by atoms with E-state index in [1.807, 2.05) is 0 Å². The summed E-state index contributed by atoms with van der Waals surface area (Å²) in [5.74, 6) is -0.0553. The van der Waals surface area contributed by atoms with Crippen LogP contribution in [0.5, 0.6) is 0 Å². The molecule has 0 radical (unpaired) electrons. The van der Waals surface area contributed by atoms with Crippen LogP contribution >= 0.6 is 11.8 Å². The Morgan fingerprint density at radius 3 is 1.81 bits per heavy atom. The van der Waals surface area contributed by atoms with Gasteiger partial charge in [-0.2, -0.15) is 0 Å². The summed E-state index contributed by atoms with van der Waals surface area (Å²) in [4.78, 5) is 25.0. The fourth-order valence-corrected chi connectivity index (χ4v) is 4.77. The molecule has 0 aromatic heterocycles. The largest absolute Gasteiger partial charge is 0.490 e. The summed E-state index contributed by atoms with van der Waals surface area (Å²) in [6, 6.07) is 8.58. The molecule has 0 aliphatic heterocycles. The zero-order chi connectivity index (χ0) is 23.2. The van der Waals surface area contributed by atoms with Gasteiger partial charge in [0.25, 0.3) is 0 Å². The monoisotopic (exact) mass is 458 g/mol. The van der Waals surface area contributed by atoms with Gasteiger partial charge in [0.2, 0.25) is 23.1 Å². The third-order valence-corrected chi connectivity index (χ3v) is 6.86. The van der Waals surface area contributed by atoms with E-state index in [1.54, 1.807) is 0 Å². The molecular weight excluding hydrogens is 420 g/mol. The molecule has 0 saturated carbocycles. The SMILES string of the molecule is CCCCCCCCCCCCc1ccc(CSC2=CC(=O)C(OC)=C(OC)C2=O)cc1. The van der Waals surface area contributed by atoms with Gasteiger partial charge < -0.3 is 9.47 Å². The lowest BCUT2D eigenvalue weighted by Crippen LogP contribution is -2.20. The van der Waals surface area contributed by atoms with E-state index in [4.69, 9.17) is 9.47 Å². The molecule has 4 nitrogen and oxygen atoms in total. The highest BCUT2D eigenvalue weighted by Crippen LogP contribution is 2.30. The second kappa shape index (κ2) is 14.9. The van der Waals surface area contributed by atoms with Crippen LogP contribution in [0.4, 0.5) is 0 Å². The van der Waals surface area contributed by atoms with Gasteiger partial charge >= 0.3 is 0 Å². The fourth-order valence-electron chi connectivity index (χ4n) is 3.84. The number of benzene rings is 1. The number of rotatable bonds is 16. The first-order chi connectivity index (χ1) is 15.6. The maximum atomic E-state index is 12.5. The summed E-state index contributed by atoms with van der Waals surface area (Å²) in [5, 5.41) is 0. The van der Waals surface area contributed by atoms with E-state index in [-0.39, 0.29) is 23.1 Å². The van der Waals surface area contributed by atoms with E-state index in [1.165, 1.54) is 102 Å². The van der Waals surface area contributed by atoms with E-state index >= 15 is 0 Å². The van der Waals surface area contributed by atoms with Gasteiger partial charge in [-0.1, -0.05) is 89.0 Å². The maximum absolute atomic E-state index is 12.5. The van der Waals surface area contributed by atoms with E-state index in [0.29, 0.717) is 10.7 Å². The highest BCUT2D eigenvalue weighted by Gasteiger charge is 2.30. The summed E-state index contributed by atoms with van der Waals surface area (Å²) in [7, 11) is 2.74. The number of allylic oxidation sites excluding steroid dienone is 2. The lowest BCUT2D eigenvalue weighted by molar-refractivity contribution is -0.119. The molecule has 176 valence electrons. The molecule has 0 N–H and O–H groups in total. The number of thioether (sulfide) groups is 1. The number of ketones is 2. The quantitative estimate of drug-likeness (QED) is 0.199. The topological polar surface area (TPSA) is 52.6 Å². The molecule has 1 aromatic rings. The van der Waals surface area contributed by atoms with Crippen molar-refractivity contribution in [3.05, 3.63) is 57.9 Å². The number of ether oxygens (including phenoxy) is 2. The first-order valence-corrected chi connectivity index (χ1v) is 12.9. The molecule has 0 bridgehead atoms. The first kappa shape index (κ1) is 26.2. The summed E-state index contributed by atoms with van der Waals surface area (Å²) < 4.78 is 10.1. The van der Waals surface area contributed by atoms with Crippen LogP contribution in [0.3, 0.4) is 0 Å². The number of hydrogen-bond donors (Lipinski definition) is 0. The molecule has 0 atom stereocenters. The number of carbonyl (C=O) groups is 2. The molecule has 0 unspecified atom stereocenters. The molecule has 5 heteroatoms. The Labute approximate surface area is 197 Å². The highest BCUT2D eigenvalue weighted by atomic mass is 32.2. The Morgan fingerprint density at radius 2 is 1.25 bits per heavy atom. The molecule has 1 aliphatic rings. The number of unbranched alkanes of at least 4 members (excludes halogenated alkanes) is 9. The van der Waals surface area contributed by atoms with Gasteiger partial charge in [-0.05, 0) is 24.0 Å². The summed E-state index contributed by atoms with van der Waals surface area (Å²) >= 11 is 1.36. The summed E-state index contributed by atoms with van der Waals surface area (Å²) in [6.07, 6.45) is 16.0. The molecule has 1 aromatic carbocycles. The highest BCUT2D eigenvalue weighted by molar-refractivity contribution is 8.03. The number of Topliss-reactive ketones (excluding diaryl/α,β-unsaturated/α-hetero) is 1. The van der Waals surface area contributed by atoms with Crippen LogP contribution < -0.4 is 0 Å². The van der Waals surface area contributed by atoms with Crippen LogP contribution in [0, 0.1) is 0 Å². The van der Waals surface area contributed by atoms with Crippen molar-refractivity contribution in [1.29, 1.82) is 0 Å². The molecule has 1 aliphatic carbocycles. The minimum Gasteiger partial charge on any atom is -0.490 e. The lowest BCUT2D eigenvalue weighted by atomic mass is 10.0. The van der Waals surface area contributed by atoms with Crippen LogP contribution in [-0.2, 0) is 31.2 Å². The second-order valence-corrected chi connectivity index (χ2v) is 9.32. The van der Waals surface area contributed by atoms with E-state index in [2.05, 4.69) is 31.2 Å². The van der Waals surface area contributed by atoms with Gasteiger partial charge in [-0.25, -0.2) is 0 Å². The maximum Gasteiger partial charge on any atom is 0.238 e. The first-order valence-electron chi connectivity index (χ1n) is 11.9. The average molecular weight is 459 g/mol. The van der Waals surface area contributed by atoms with Crippen molar-refractivity contribution >= 4 is 23.3 Å². The van der Waals surface area contributed by atoms with Crippen molar-refractivity contribution in [2.75, 3.05) is 14.2 Å². The van der Waals surface area contributed by atoms with Crippen LogP contribution in [0.15, 0.2) is 46.8 Å². The minimum absolute atomic E-state index is 0.0191. The molecule has 32 heavy (non-hydrogen) atoms. The van der Waals surface area contributed by atoms with Crippen molar-refractivity contribution in [3.8, 4) is 0 Å². The molecule has 0 spiro atoms. The van der Waals surface area contributed by atoms with Crippen molar-refractivity contribution in [1.82, 2.24) is 0 Å². The molecular formula is C27H38O4S.